The van der Waals surface area contributed by atoms with Crippen LogP contribution in [0.25, 0.3) is 21.7 Å². The van der Waals surface area contributed by atoms with E-state index in [1.807, 2.05) is 54.6 Å². The first kappa shape index (κ1) is 26.3. The molecule has 1 aliphatic rings. The van der Waals surface area contributed by atoms with Gasteiger partial charge in [-0.05, 0) is 61.1 Å². The number of aromatic nitrogens is 2. The zero-order valence-electron chi connectivity index (χ0n) is 21.7. The number of nitrogens with zero attached hydrogens (tertiary/aromatic N) is 2. The Kier molecular flexibility index (Phi) is 8.36. The lowest BCUT2D eigenvalue weighted by Gasteiger charge is -2.28. The van der Waals surface area contributed by atoms with E-state index < -0.39 is 10.0 Å². The Hall–Kier alpha value is -3.27. The van der Waals surface area contributed by atoms with Gasteiger partial charge in [-0.1, -0.05) is 48.5 Å². The van der Waals surface area contributed by atoms with E-state index in [0.29, 0.717) is 42.4 Å². The van der Waals surface area contributed by atoms with E-state index in [2.05, 4.69) is 15.4 Å². The second kappa shape index (κ2) is 12.1. The number of anilines is 2. The van der Waals surface area contributed by atoms with Gasteiger partial charge >= 0.3 is 0 Å². The highest BCUT2D eigenvalue weighted by molar-refractivity contribution is 7.89. The second-order valence-electron chi connectivity index (χ2n) is 9.93. The molecule has 0 saturated heterocycles. The number of ether oxygens (including phenoxy) is 1. The first-order valence-electron chi connectivity index (χ1n) is 13.2. The summed E-state index contributed by atoms with van der Waals surface area (Å²) in [6, 6.07) is 21.0. The van der Waals surface area contributed by atoms with Gasteiger partial charge in [0.1, 0.15) is 5.82 Å². The molecular weight excluding hydrogens is 498 g/mol. The molecule has 5 rings (SSSR count). The number of sulfonamides is 1. The minimum absolute atomic E-state index is 0.338. The van der Waals surface area contributed by atoms with Crippen LogP contribution in [0, 0.1) is 11.8 Å². The number of nitrogens with one attached hydrogen (secondary N) is 3. The number of hydrogen-bond donors (Lipinski definition) is 3. The largest absolute Gasteiger partial charge is 0.383 e. The van der Waals surface area contributed by atoms with Crippen molar-refractivity contribution in [1.29, 1.82) is 0 Å². The average molecular weight is 534 g/mol. The maximum atomic E-state index is 13.1. The maximum absolute atomic E-state index is 13.1. The summed E-state index contributed by atoms with van der Waals surface area (Å²) in [4.78, 5) is 9.76. The van der Waals surface area contributed by atoms with Crippen molar-refractivity contribution in [2.24, 2.45) is 11.8 Å². The van der Waals surface area contributed by atoms with Gasteiger partial charge in [-0.2, -0.15) is 4.98 Å². The van der Waals surface area contributed by atoms with Crippen LogP contribution in [-0.4, -0.2) is 51.7 Å². The zero-order valence-corrected chi connectivity index (χ0v) is 22.5. The van der Waals surface area contributed by atoms with Crippen molar-refractivity contribution >= 4 is 43.5 Å². The standard InChI is InChI=1S/C29H35N5O3S/c1-37-18-17-30-28-25-10-4-5-11-26(25)33-29(34-28)31-19-21-13-15-22(16-14-21)20-32-38(35,36)27-12-6-8-23-7-2-3-9-24(23)27/h2-12,21-22,32H,13-20H2,1H3,(H2,30,31,33,34). The Morgan fingerprint density at radius 3 is 2.29 bits per heavy atom. The van der Waals surface area contributed by atoms with E-state index in [4.69, 9.17) is 14.7 Å². The summed E-state index contributed by atoms with van der Waals surface area (Å²) < 4.78 is 34.2. The SMILES string of the molecule is COCCNc1nc(NCC2CCC(CNS(=O)(=O)c3cccc4ccccc34)CC2)nc2ccccc12. The third-order valence-corrected chi connectivity index (χ3v) is 8.80. The lowest BCUT2D eigenvalue weighted by molar-refractivity contribution is 0.210. The Bertz CT molecular complexity index is 1480. The molecule has 9 heteroatoms. The normalized spacial score (nSPS) is 18.0. The van der Waals surface area contributed by atoms with Crippen molar-refractivity contribution in [2.45, 2.75) is 30.6 Å². The Labute approximate surface area is 224 Å². The molecule has 1 saturated carbocycles. The highest BCUT2D eigenvalue weighted by atomic mass is 32.2. The second-order valence-corrected chi connectivity index (χ2v) is 11.7. The molecule has 1 aromatic heterocycles. The number of methoxy groups -OCH3 is 1. The Morgan fingerprint density at radius 1 is 0.816 bits per heavy atom. The fourth-order valence-electron chi connectivity index (χ4n) is 5.17. The van der Waals surface area contributed by atoms with Gasteiger partial charge in [0.2, 0.25) is 16.0 Å². The van der Waals surface area contributed by atoms with Gasteiger partial charge in [-0.3, -0.25) is 0 Å². The molecule has 0 spiro atoms. The first-order valence-corrected chi connectivity index (χ1v) is 14.7. The minimum Gasteiger partial charge on any atom is -0.383 e. The van der Waals surface area contributed by atoms with Crippen molar-refractivity contribution < 1.29 is 13.2 Å². The lowest BCUT2D eigenvalue weighted by Crippen LogP contribution is -2.32. The number of hydrogen-bond acceptors (Lipinski definition) is 7. The molecule has 1 heterocycles. The molecule has 3 N–H and O–H groups in total. The molecule has 0 aliphatic heterocycles. The summed E-state index contributed by atoms with van der Waals surface area (Å²) in [7, 11) is -1.89. The van der Waals surface area contributed by atoms with Gasteiger partial charge in [-0.25, -0.2) is 18.1 Å². The number of rotatable bonds is 11. The molecule has 4 aromatic rings. The van der Waals surface area contributed by atoms with Gasteiger partial charge in [0, 0.05) is 37.5 Å². The van der Waals surface area contributed by atoms with Gasteiger partial charge in [0.25, 0.3) is 0 Å². The highest BCUT2D eigenvalue weighted by Crippen LogP contribution is 2.30. The van der Waals surface area contributed by atoms with Crippen molar-refractivity contribution in [3.8, 4) is 0 Å². The molecule has 1 aliphatic carbocycles. The van der Waals surface area contributed by atoms with Crippen LogP contribution in [0.5, 0.6) is 0 Å². The molecule has 0 amide bonds. The van der Waals surface area contributed by atoms with Gasteiger partial charge in [0.05, 0.1) is 17.0 Å². The maximum Gasteiger partial charge on any atom is 0.241 e. The predicted molar refractivity (Wildman–Crippen MR) is 153 cm³/mol. The molecule has 8 nitrogen and oxygen atoms in total. The van der Waals surface area contributed by atoms with Crippen LogP contribution in [-0.2, 0) is 14.8 Å². The fraction of sp³-hybridized carbons (Fsp3) is 0.379. The van der Waals surface area contributed by atoms with Gasteiger partial charge in [-0.15, -0.1) is 0 Å². The van der Waals surface area contributed by atoms with Crippen LogP contribution in [0.15, 0.2) is 71.6 Å². The van der Waals surface area contributed by atoms with E-state index in [1.54, 1.807) is 19.2 Å². The summed E-state index contributed by atoms with van der Waals surface area (Å²) in [5.74, 6) is 2.26. The van der Waals surface area contributed by atoms with Crippen molar-refractivity contribution in [2.75, 3.05) is 44.0 Å². The quantitative estimate of drug-likeness (QED) is 0.232. The van der Waals surface area contributed by atoms with Gasteiger partial charge in [0.15, 0.2) is 0 Å². The molecule has 38 heavy (non-hydrogen) atoms. The molecule has 0 bridgehead atoms. The molecule has 200 valence electrons. The van der Waals surface area contributed by atoms with E-state index in [-0.39, 0.29) is 0 Å². The smallest absolute Gasteiger partial charge is 0.241 e. The topological polar surface area (TPSA) is 105 Å². The van der Waals surface area contributed by atoms with E-state index in [9.17, 15) is 8.42 Å². The monoisotopic (exact) mass is 533 g/mol. The van der Waals surface area contributed by atoms with E-state index in [1.165, 1.54) is 0 Å². The van der Waals surface area contributed by atoms with Crippen LogP contribution in [0.4, 0.5) is 11.8 Å². The number of para-hydroxylation sites is 1. The van der Waals surface area contributed by atoms with Crippen LogP contribution in [0.3, 0.4) is 0 Å². The molecule has 0 unspecified atom stereocenters. The summed E-state index contributed by atoms with van der Waals surface area (Å²) in [5.41, 5.74) is 0.895. The van der Waals surface area contributed by atoms with Crippen LogP contribution in [0.2, 0.25) is 0 Å². The molecule has 1 fully saturated rings. The summed E-state index contributed by atoms with van der Waals surface area (Å²) >= 11 is 0. The summed E-state index contributed by atoms with van der Waals surface area (Å²) in [6.07, 6.45) is 4.07. The Morgan fingerprint density at radius 2 is 1.50 bits per heavy atom. The van der Waals surface area contributed by atoms with Crippen LogP contribution >= 0.6 is 0 Å². The molecule has 3 aromatic carbocycles. The molecule has 0 atom stereocenters. The third-order valence-electron chi connectivity index (χ3n) is 7.32. The highest BCUT2D eigenvalue weighted by Gasteiger charge is 2.24. The Balaban J connectivity index is 1.14. The minimum atomic E-state index is -3.57. The molecule has 0 radical (unpaired) electrons. The molecular formula is C29H35N5O3S. The predicted octanol–water partition coefficient (Wildman–Crippen LogP) is 5.04. The van der Waals surface area contributed by atoms with Crippen LogP contribution in [0.1, 0.15) is 25.7 Å². The lowest BCUT2D eigenvalue weighted by atomic mass is 9.82. The number of benzene rings is 3. The van der Waals surface area contributed by atoms with E-state index >= 15 is 0 Å². The van der Waals surface area contributed by atoms with Crippen LogP contribution < -0.4 is 15.4 Å². The summed E-state index contributed by atoms with van der Waals surface area (Å²) in [5, 5.41) is 9.46. The van der Waals surface area contributed by atoms with Crippen molar-refractivity contribution in [1.82, 2.24) is 14.7 Å². The van der Waals surface area contributed by atoms with Gasteiger partial charge < -0.3 is 15.4 Å². The summed E-state index contributed by atoms with van der Waals surface area (Å²) in [6.45, 7) is 2.54. The van der Waals surface area contributed by atoms with E-state index in [0.717, 1.165) is 59.7 Å². The fourth-order valence-corrected chi connectivity index (χ4v) is 6.52. The third kappa shape index (κ3) is 6.23. The zero-order chi connectivity index (χ0) is 26.4. The number of fused-ring (bicyclic) bond motifs is 2. The van der Waals surface area contributed by atoms with Crippen molar-refractivity contribution in [3.63, 3.8) is 0 Å². The first-order chi connectivity index (χ1) is 18.5. The van der Waals surface area contributed by atoms with Crippen molar-refractivity contribution in [3.05, 3.63) is 66.7 Å². The average Bonchev–Trinajstić information content (AvgIpc) is 2.95.